The number of aromatic nitrogens is 1. The lowest BCUT2D eigenvalue weighted by molar-refractivity contribution is 0.0615. The van der Waals surface area contributed by atoms with Gasteiger partial charge in [0.05, 0.1) is 12.7 Å². The maximum Gasteiger partial charge on any atom is 0.0988 e. The molecule has 2 heterocycles. The smallest absolute Gasteiger partial charge is 0.0988 e. The number of hydrogen-bond acceptors (Lipinski definition) is 2. The first-order chi connectivity index (χ1) is 8.75. The van der Waals surface area contributed by atoms with E-state index in [1.807, 2.05) is 0 Å². The molecular formula is C15H20N2O. The van der Waals surface area contributed by atoms with Crippen LogP contribution in [-0.2, 0) is 4.74 Å². The summed E-state index contributed by atoms with van der Waals surface area (Å²) in [4.78, 5) is 3.54. The van der Waals surface area contributed by atoms with Gasteiger partial charge < -0.3 is 15.0 Å². The van der Waals surface area contributed by atoms with E-state index in [0.717, 1.165) is 26.1 Å². The molecule has 2 aromatic rings. The number of aromatic amines is 1. The fourth-order valence-corrected chi connectivity index (χ4v) is 2.73. The molecule has 1 aromatic carbocycles. The van der Waals surface area contributed by atoms with Crippen molar-refractivity contribution in [2.45, 2.75) is 26.4 Å². The van der Waals surface area contributed by atoms with Gasteiger partial charge in [-0.3, -0.25) is 0 Å². The topological polar surface area (TPSA) is 37.0 Å². The highest BCUT2D eigenvalue weighted by atomic mass is 16.5. The zero-order chi connectivity index (χ0) is 12.5. The molecule has 0 aliphatic carbocycles. The molecular weight excluding hydrogens is 224 g/mol. The maximum atomic E-state index is 5.94. The Morgan fingerprint density at radius 3 is 3.00 bits per heavy atom. The number of ether oxygens (including phenoxy) is 1. The zero-order valence-corrected chi connectivity index (χ0v) is 11.0. The van der Waals surface area contributed by atoms with Gasteiger partial charge in [0.1, 0.15) is 0 Å². The number of nitrogens with one attached hydrogen (secondary N) is 2. The van der Waals surface area contributed by atoms with E-state index in [0.29, 0.717) is 0 Å². The molecule has 18 heavy (non-hydrogen) atoms. The summed E-state index contributed by atoms with van der Waals surface area (Å²) < 4.78 is 5.94. The van der Waals surface area contributed by atoms with E-state index >= 15 is 0 Å². The van der Waals surface area contributed by atoms with Gasteiger partial charge in [-0.1, -0.05) is 11.6 Å². The summed E-state index contributed by atoms with van der Waals surface area (Å²) in [7, 11) is 0. The molecule has 0 radical (unpaired) electrons. The van der Waals surface area contributed by atoms with Crippen molar-refractivity contribution in [3.63, 3.8) is 0 Å². The second kappa shape index (κ2) is 4.75. The van der Waals surface area contributed by atoms with Crippen LogP contribution in [0.4, 0.5) is 0 Å². The zero-order valence-electron chi connectivity index (χ0n) is 11.0. The molecule has 1 saturated heterocycles. The van der Waals surface area contributed by atoms with Crippen molar-refractivity contribution >= 4 is 10.9 Å². The van der Waals surface area contributed by atoms with Crippen LogP contribution >= 0.6 is 0 Å². The lowest BCUT2D eigenvalue weighted by atomic mass is 10.1. The standard InChI is InChI=1S/C15H20N2O/c1-10-3-4-13-12(9-10)11(2)15(17-13)14-5-6-16-7-8-18-14/h3-4,9,14,16-17H,5-8H2,1-2H3. The molecule has 0 amide bonds. The molecule has 0 saturated carbocycles. The minimum atomic E-state index is 0.202. The van der Waals surface area contributed by atoms with E-state index in [-0.39, 0.29) is 6.10 Å². The normalized spacial score (nSPS) is 21.1. The molecule has 1 aromatic heterocycles. The SMILES string of the molecule is Cc1ccc2[nH]c(C3CCNCCO3)c(C)c2c1. The molecule has 0 spiro atoms. The Hall–Kier alpha value is -1.32. The third-order valence-electron chi connectivity index (χ3n) is 3.76. The van der Waals surface area contributed by atoms with Gasteiger partial charge in [-0.2, -0.15) is 0 Å². The van der Waals surface area contributed by atoms with Crippen LogP contribution in [0.1, 0.15) is 29.3 Å². The van der Waals surface area contributed by atoms with Crippen LogP contribution in [0, 0.1) is 13.8 Å². The predicted molar refractivity (Wildman–Crippen MR) is 74.0 cm³/mol. The van der Waals surface area contributed by atoms with Crippen molar-refractivity contribution in [3.05, 3.63) is 35.0 Å². The fraction of sp³-hybridized carbons (Fsp3) is 0.467. The number of fused-ring (bicyclic) bond motifs is 1. The number of benzene rings is 1. The maximum absolute atomic E-state index is 5.94. The Morgan fingerprint density at radius 1 is 1.22 bits per heavy atom. The van der Waals surface area contributed by atoms with E-state index < -0.39 is 0 Å². The first kappa shape index (κ1) is 11.8. The molecule has 1 fully saturated rings. The number of hydrogen-bond donors (Lipinski definition) is 2. The molecule has 3 nitrogen and oxygen atoms in total. The van der Waals surface area contributed by atoms with E-state index in [1.54, 1.807) is 0 Å². The fourth-order valence-electron chi connectivity index (χ4n) is 2.73. The Labute approximate surface area is 108 Å². The Morgan fingerprint density at radius 2 is 2.11 bits per heavy atom. The van der Waals surface area contributed by atoms with Gasteiger partial charge in [-0.15, -0.1) is 0 Å². The lowest BCUT2D eigenvalue weighted by Crippen LogP contribution is -2.16. The molecule has 0 bridgehead atoms. The Bertz CT molecular complexity index is 551. The molecule has 1 aliphatic rings. The van der Waals surface area contributed by atoms with Gasteiger partial charge in [-0.25, -0.2) is 0 Å². The largest absolute Gasteiger partial charge is 0.371 e. The summed E-state index contributed by atoms with van der Waals surface area (Å²) in [5, 5.41) is 4.70. The molecule has 2 N–H and O–H groups in total. The highest BCUT2D eigenvalue weighted by molar-refractivity contribution is 5.85. The van der Waals surface area contributed by atoms with Crippen molar-refractivity contribution < 1.29 is 4.74 Å². The van der Waals surface area contributed by atoms with Crippen LogP contribution in [-0.4, -0.2) is 24.7 Å². The minimum Gasteiger partial charge on any atom is -0.371 e. The average Bonchev–Trinajstić information content (AvgIpc) is 2.59. The van der Waals surface area contributed by atoms with Gasteiger partial charge in [0.15, 0.2) is 0 Å². The molecule has 3 heteroatoms. The second-order valence-electron chi connectivity index (χ2n) is 5.11. The van der Waals surface area contributed by atoms with E-state index in [1.165, 1.54) is 27.7 Å². The summed E-state index contributed by atoms with van der Waals surface area (Å²) in [5.41, 5.74) is 5.11. The van der Waals surface area contributed by atoms with Crippen LogP contribution in [0.15, 0.2) is 18.2 Å². The van der Waals surface area contributed by atoms with Crippen LogP contribution < -0.4 is 5.32 Å². The molecule has 1 unspecified atom stereocenters. The third-order valence-corrected chi connectivity index (χ3v) is 3.76. The van der Waals surface area contributed by atoms with Crippen molar-refractivity contribution in [2.24, 2.45) is 0 Å². The van der Waals surface area contributed by atoms with E-state index in [2.05, 4.69) is 42.3 Å². The molecule has 3 rings (SSSR count). The first-order valence-corrected chi connectivity index (χ1v) is 6.67. The molecule has 1 atom stereocenters. The minimum absolute atomic E-state index is 0.202. The summed E-state index contributed by atoms with van der Waals surface area (Å²) >= 11 is 0. The van der Waals surface area contributed by atoms with Gasteiger partial charge in [0, 0.05) is 23.1 Å². The highest BCUT2D eigenvalue weighted by Gasteiger charge is 2.19. The Balaban J connectivity index is 2.03. The monoisotopic (exact) mass is 244 g/mol. The van der Waals surface area contributed by atoms with E-state index in [4.69, 9.17) is 4.74 Å². The number of rotatable bonds is 1. The number of aryl methyl sites for hydroxylation is 2. The average molecular weight is 244 g/mol. The highest BCUT2D eigenvalue weighted by Crippen LogP contribution is 2.30. The van der Waals surface area contributed by atoms with Crippen molar-refractivity contribution in [3.8, 4) is 0 Å². The van der Waals surface area contributed by atoms with Gasteiger partial charge in [0.25, 0.3) is 0 Å². The predicted octanol–water partition coefficient (Wildman–Crippen LogP) is 2.84. The van der Waals surface area contributed by atoms with Crippen molar-refractivity contribution in [1.82, 2.24) is 10.3 Å². The van der Waals surface area contributed by atoms with Crippen molar-refractivity contribution in [2.75, 3.05) is 19.7 Å². The third kappa shape index (κ3) is 2.04. The van der Waals surface area contributed by atoms with Crippen LogP contribution in [0.3, 0.4) is 0 Å². The Kier molecular flexibility index (Phi) is 3.10. The lowest BCUT2D eigenvalue weighted by Gasteiger charge is -2.14. The second-order valence-corrected chi connectivity index (χ2v) is 5.11. The van der Waals surface area contributed by atoms with Gasteiger partial charge >= 0.3 is 0 Å². The van der Waals surface area contributed by atoms with Crippen molar-refractivity contribution in [1.29, 1.82) is 0 Å². The molecule has 1 aliphatic heterocycles. The summed E-state index contributed by atoms with van der Waals surface area (Å²) in [5.74, 6) is 0. The van der Waals surface area contributed by atoms with Gasteiger partial charge in [0.2, 0.25) is 0 Å². The summed E-state index contributed by atoms with van der Waals surface area (Å²) in [6.07, 6.45) is 1.24. The van der Waals surface area contributed by atoms with Crippen LogP contribution in [0.2, 0.25) is 0 Å². The number of H-pyrrole nitrogens is 1. The summed E-state index contributed by atoms with van der Waals surface area (Å²) in [6, 6.07) is 6.56. The van der Waals surface area contributed by atoms with Gasteiger partial charge in [-0.05, 0) is 44.5 Å². The first-order valence-electron chi connectivity index (χ1n) is 6.67. The molecule has 96 valence electrons. The quantitative estimate of drug-likeness (QED) is 0.809. The van der Waals surface area contributed by atoms with Crippen LogP contribution in [0.5, 0.6) is 0 Å². The van der Waals surface area contributed by atoms with E-state index in [9.17, 15) is 0 Å². The van der Waals surface area contributed by atoms with Crippen LogP contribution in [0.25, 0.3) is 10.9 Å². The summed E-state index contributed by atoms with van der Waals surface area (Å²) in [6.45, 7) is 7.10.